The topological polar surface area (TPSA) is 114 Å². The molecule has 4 rings (SSSR count). The van der Waals surface area contributed by atoms with Gasteiger partial charge in [-0.25, -0.2) is 0 Å². The van der Waals surface area contributed by atoms with E-state index in [1.165, 1.54) is 0 Å². The van der Waals surface area contributed by atoms with Gasteiger partial charge in [0, 0.05) is 6.42 Å². The van der Waals surface area contributed by atoms with Gasteiger partial charge in [-0.1, -0.05) is 64.3 Å². The van der Waals surface area contributed by atoms with E-state index in [1.807, 2.05) is 24.3 Å². The van der Waals surface area contributed by atoms with E-state index in [0.717, 1.165) is 31.2 Å². The Morgan fingerprint density at radius 3 is 2.19 bits per heavy atom. The molecule has 0 spiro atoms. The van der Waals surface area contributed by atoms with Gasteiger partial charge in [0.2, 0.25) is 17.1 Å². The molecule has 1 aromatic carbocycles. The first-order chi connectivity index (χ1) is 14.7. The van der Waals surface area contributed by atoms with E-state index in [0.29, 0.717) is 18.4 Å². The quantitative estimate of drug-likeness (QED) is 0.669. The summed E-state index contributed by atoms with van der Waals surface area (Å²) in [6.07, 6.45) is 3.92. The Balaban J connectivity index is 1.92. The average Bonchev–Trinajstić information content (AvgIpc) is 2.90. The van der Waals surface area contributed by atoms with Crippen LogP contribution >= 0.6 is 0 Å². The third kappa shape index (κ3) is 2.73. The summed E-state index contributed by atoms with van der Waals surface area (Å²) in [5, 5.41) is 39.8. The number of nitrogens with one attached hydrogen (secondary N) is 1. The summed E-state index contributed by atoms with van der Waals surface area (Å²) in [5.41, 5.74) is -1.79. The predicted molar refractivity (Wildman–Crippen MR) is 113 cm³/mol. The second kappa shape index (κ2) is 7.08. The molecule has 0 radical (unpaired) electrons. The van der Waals surface area contributed by atoms with Crippen LogP contribution in [0.3, 0.4) is 0 Å². The lowest BCUT2D eigenvalue weighted by molar-refractivity contribution is -0.289. The number of nitrogens with zero attached hydrogens (tertiary/aromatic N) is 3. The molecule has 1 N–H and O–H groups in total. The minimum atomic E-state index is -1.87. The van der Waals surface area contributed by atoms with Crippen LogP contribution in [-0.4, -0.2) is 11.7 Å². The Hall–Kier alpha value is -2.88. The fraction of sp³-hybridized carbons (Fsp3) is 0.600. The second-order valence-corrected chi connectivity index (χ2v) is 10.1. The molecule has 1 saturated carbocycles. The van der Waals surface area contributed by atoms with Gasteiger partial charge in [0.15, 0.2) is 5.41 Å². The Morgan fingerprint density at radius 2 is 1.61 bits per heavy atom. The first kappa shape index (κ1) is 21.4. The molecule has 31 heavy (non-hydrogen) atoms. The highest BCUT2D eigenvalue weighted by Gasteiger charge is 2.79. The maximum Gasteiger partial charge on any atom is 0.217 e. The second-order valence-electron chi connectivity index (χ2n) is 10.1. The van der Waals surface area contributed by atoms with E-state index in [-0.39, 0.29) is 11.3 Å². The molecule has 2 heterocycles. The van der Waals surface area contributed by atoms with Crippen molar-refractivity contribution in [2.45, 2.75) is 76.6 Å². The van der Waals surface area contributed by atoms with E-state index in [4.69, 9.17) is 14.9 Å². The first-order valence-corrected chi connectivity index (χ1v) is 11.0. The van der Waals surface area contributed by atoms with Crippen LogP contribution in [0.15, 0.2) is 24.3 Å². The van der Waals surface area contributed by atoms with Gasteiger partial charge in [0.1, 0.15) is 6.10 Å². The van der Waals surface area contributed by atoms with Gasteiger partial charge >= 0.3 is 0 Å². The molecule has 1 aliphatic carbocycles. The highest BCUT2D eigenvalue weighted by atomic mass is 16.7. The molecule has 2 saturated heterocycles. The molecular formula is C25H28N4O2. The molecular weight excluding hydrogens is 388 g/mol. The van der Waals surface area contributed by atoms with Gasteiger partial charge in [-0.3, -0.25) is 5.41 Å². The number of rotatable bonds is 1. The summed E-state index contributed by atoms with van der Waals surface area (Å²) in [6, 6.07) is 14.3. The number of hydrogen-bond donors (Lipinski definition) is 1. The SMILES string of the molecule is CC(C)(C)c1ccc(C2OC34CCCCCCC3C(C#N)(C(=N)O4)C2(C#N)C#N)cc1. The van der Waals surface area contributed by atoms with Crippen molar-refractivity contribution in [3.8, 4) is 18.2 Å². The zero-order chi connectivity index (χ0) is 22.5. The molecule has 0 aromatic heterocycles. The van der Waals surface area contributed by atoms with Crippen molar-refractivity contribution in [3.05, 3.63) is 35.4 Å². The summed E-state index contributed by atoms with van der Waals surface area (Å²) in [7, 11) is 0. The van der Waals surface area contributed by atoms with Crippen molar-refractivity contribution < 1.29 is 9.47 Å². The van der Waals surface area contributed by atoms with Crippen LogP contribution in [0.4, 0.5) is 0 Å². The molecule has 160 valence electrons. The maximum absolute atomic E-state index is 10.4. The average molecular weight is 417 g/mol. The molecule has 6 nitrogen and oxygen atoms in total. The molecule has 6 heteroatoms. The first-order valence-electron chi connectivity index (χ1n) is 11.0. The molecule has 4 unspecified atom stereocenters. The van der Waals surface area contributed by atoms with E-state index in [9.17, 15) is 15.8 Å². The number of nitriles is 3. The highest BCUT2D eigenvalue weighted by molar-refractivity contribution is 5.89. The van der Waals surface area contributed by atoms with E-state index < -0.39 is 28.6 Å². The van der Waals surface area contributed by atoms with E-state index >= 15 is 0 Å². The Labute approximate surface area is 183 Å². The molecule has 2 bridgehead atoms. The largest absolute Gasteiger partial charge is 0.447 e. The van der Waals surface area contributed by atoms with Crippen LogP contribution in [0.2, 0.25) is 0 Å². The minimum absolute atomic E-state index is 0.0467. The Bertz CT molecular complexity index is 1010. The number of benzene rings is 1. The summed E-state index contributed by atoms with van der Waals surface area (Å²) >= 11 is 0. The van der Waals surface area contributed by atoms with Crippen LogP contribution in [0.5, 0.6) is 0 Å². The van der Waals surface area contributed by atoms with Crippen LogP contribution < -0.4 is 0 Å². The molecule has 3 aliphatic rings. The lowest BCUT2D eigenvalue weighted by Gasteiger charge is -2.50. The van der Waals surface area contributed by atoms with Gasteiger partial charge in [0.25, 0.3) is 0 Å². The number of hydrogen-bond acceptors (Lipinski definition) is 6. The van der Waals surface area contributed by atoms with Crippen LogP contribution in [-0.2, 0) is 14.9 Å². The lowest BCUT2D eigenvalue weighted by Crippen LogP contribution is -2.59. The van der Waals surface area contributed by atoms with Crippen molar-refractivity contribution >= 4 is 5.90 Å². The lowest BCUT2D eigenvalue weighted by atomic mass is 9.52. The molecule has 0 amide bonds. The summed E-state index contributed by atoms with van der Waals surface area (Å²) in [4.78, 5) is 0. The van der Waals surface area contributed by atoms with Crippen molar-refractivity contribution in [2.24, 2.45) is 16.7 Å². The van der Waals surface area contributed by atoms with Gasteiger partial charge in [-0.15, -0.1) is 0 Å². The van der Waals surface area contributed by atoms with Crippen LogP contribution in [0, 0.1) is 56.2 Å². The molecule has 3 fully saturated rings. The standard InChI is InChI=1S/C25H28N4O2/c1-22(2,3)18-11-9-17(10-12-18)20-23(14-26,15-27)24(16-28)19-8-6-4-5-7-13-25(19,30-20)31-21(24)29/h9-12,19-20,29H,4-8,13H2,1-3H3. The van der Waals surface area contributed by atoms with Gasteiger partial charge in [-0.05, 0) is 29.4 Å². The fourth-order valence-corrected chi connectivity index (χ4v) is 5.67. The van der Waals surface area contributed by atoms with Crippen molar-refractivity contribution in [1.82, 2.24) is 0 Å². The number of ether oxygens (including phenoxy) is 2. The predicted octanol–water partition coefficient (Wildman–Crippen LogP) is 5.27. The van der Waals surface area contributed by atoms with Crippen LogP contribution in [0.25, 0.3) is 0 Å². The Kier molecular flexibility index (Phi) is 4.88. The molecule has 2 aliphatic heterocycles. The Morgan fingerprint density at radius 1 is 0.968 bits per heavy atom. The normalized spacial score (nSPS) is 34.1. The zero-order valence-electron chi connectivity index (χ0n) is 18.4. The maximum atomic E-state index is 10.4. The third-order valence-corrected chi connectivity index (χ3v) is 7.40. The molecule has 1 aromatic rings. The zero-order valence-corrected chi connectivity index (χ0v) is 18.4. The minimum Gasteiger partial charge on any atom is -0.447 e. The highest BCUT2D eigenvalue weighted by Crippen LogP contribution is 2.68. The summed E-state index contributed by atoms with van der Waals surface area (Å²) in [6.45, 7) is 6.35. The van der Waals surface area contributed by atoms with E-state index in [1.54, 1.807) is 0 Å². The summed E-state index contributed by atoms with van der Waals surface area (Å²) in [5.74, 6) is -1.95. The molecule has 4 atom stereocenters. The smallest absolute Gasteiger partial charge is 0.217 e. The van der Waals surface area contributed by atoms with Gasteiger partial charge < -0.3 is 9.47 Å². The third-order valence-electron chi connectivity index (χ3n) is 7.40. The van der Waals surface area contributed by atoms with Crippen molar-refractivity contribution in [1.29, 1.82) is 21.2 Å². The summed E-state index contributed by atoms with van der Waals surface area (Å²) < 4.78 is 12.6. The van der Waals surface area contributed by atoms with Gasteiger partial charge in [-0.2, -0.15) is 15.8 Å². The monoisotopic (exact) mass is 416 g/mol. The van der Waals surface area contributed by atoms with Crippen molar-refractivity contribution in [3.63, 3.8) is 0 Å². The fourth-order valence-electron chi connectivity index (χ4n) is 5.67. The van der Waals surface area contributed by atoms with Crippen LogP contribution in [0.1, 0.15) is 76.5 Å². The van der Waals surface area contributed by atoms with E-state index in [2.05, 4.69) is 39.0 Å². The van der Waals surface area contributed by atoms with Crippen molar-refractivity contribution in [2.75, 3.05) is 0 Å². The van der Waals surface area contributed by atoms with Gasteiger partial charge in [0.05, 0.1) is 24.1 Å².